The minimum Gasteiger partial charge on any atom is -0.327 e. The summed E-state index contributed by atoms with van der Waals surface area (Å²) in [6, 6.07) is 0.417. The van der Waals surface area contributed by atoms with E-state index in [1.807, 2.05) is 0 Å². The molecule has 0 radical (unpaired) electrons. The molecule has 0 heterocycles. The lowest BCUT2D eigenvalue weighted by Crippen LogP contribution is -2.26. The first kappa shape index (κ1) is 7.96. The Morgan fingerprint density at radius 2 is 1.75 bits per heavy atom. The van der Waals surface area contributed by atoms with E-state index in [0.29, 0.717) is 12.0 Å². The van der Waals surface area contributed by atoms with Crippen molar-refractivity contribution >= 4 is 0 Å². The molecule has 0 amide bonds. The van der Waals surface area contributed by atoms with Gasteiger partial charge in [-0.1, -0.05) is 27.2 Å². The standard InChI is InChI=1S/C7H17N/c1-4-6(3)7(8)5-2/h6-7H,4-5,8H2,1-3H3/t6-,7+/m0/s1. The topological polar surface area (TPSA) is 26.0 Å². The molecule has 0 aliphatic rings. The Balaban J connectivity index is 3.29. The summed E-state index contributed by atoms with van der Waals surface area (Å²) >= 11 is 0. The maximum atomic E-state index is 5.73. The molecule has 2 atom stereocenters. The van der Waals surface area contributed by atoms with Gasteiger partial charge in [0.15, 0.2) is 0 Å². The summed E-state index contributed by atoms with van der Waals surface area (Å²) in [6.07, 6.45) is 2.31. The van der Waals surface area contributed by atoms with Crippen molar-refractivity contribution in [3.05, 3.63) is 0 Å². The lowest BCUT2D eigenvalue weighted by molar-refractivity contribution is 0.432. The number of nitrogens with two attached hydrogens (primary N) is 1. The number of rotatable bonds is 3. The average molecular weight is 115 g/mol. The molecule has 50 valence electrons. The summed E-state index contributed by atoms with van der Waals surface area (Å²) in [4.78, 5) is 0. The van der Waals surface area contributed by atoms with Gasteiger partial charge < -0.3 is 5.73 Å². The zero-order chi connectivity index (χ0) is 6.57. The molecule has 0 saturated heterocycles. The Morgan fingerprint density at radius 3 is 1.88 bits per heavy atom. The van der Waals surface area contributed by atoms with Crippen LogP contribution in [0.2, 0.25) is 0 Å². The van der Waals surface area contributed by atoms with Crippen LogP contribution >= 0.6 is 0 Å². The van der Waals surface area contributed by atoms with Gasteiger partial charge in [-0.15, -0.1) is 0 Å². The van der Waals surface area contributed by atoms with Gasteiger partial charge in [0.25, 0.3) is 0 Å². The van der Waals surface area contributed by atoms with Crippen LogP contribution in [0.3, 0.4) is 0 Å². The quantitative estimate of drug-likeness (QED) is 0.596. The Labute approximate surface area is 52.3 Å². The first-order valence-corrected chi connectivity index (χ1v) is 3.47. The smallest absolute Gasteiger partial charge is 0.00618 e. The highest BCUT2D eigenvalue weighted by atomic mass is 14.6. The predicted molar refractivity (Wildman–Crippen MR) is 37.7 cm³/mol. The van der Waals surface area contributed by atoms with Gasteiger partial charge in [-0.25, -0.2) is 0 Å². The molecule has 0 aliphatic heterocycles. The van der Waals surface area contributed by atoms with Gasteiger partial charge in [-0.2, -0.15) is 0 Å². The van der Waals surface area contributed by atoms with E-state index in [4.69, 9.17) is 5.73 Å². The summed E-state index contributed by atoms with van der Waals surface area (Å²) < 4.78 is 0. The van der Waals surface area contributed by atoms with E-state index in [1.54, 1.807) is 0 Å². The van der Waals surface area contributed by atoms with Crippen molar-refractivity contribution in [1.29, 1.82) is 0 Å². The second kappa shape index (κ2) is 3.90. The third kappa shape index (κ3) is 2.31. The molecule has 0 bridgehead atoms. The van der Waals surface area contributed by atoms with Gasteiger partial charge >= 0.3 is 0 Å². The fourth-order valence-corrected chi connectivity index (χ4v) is 0.705. The molecular formula is C7H17N. The van der Waals surface area contributed by atoms with Crippen LogP contribution in [0.4, 0.5) is 0 Å². The molecule has 0 aromatic carbocycles. The van der Waals surface area contributed by atoms with Crippen LogP contribution in [-0.2, 0) is 0 Å². The lowest BCUT2D eigenvalue weighted by Gasteiger charge is -2.14. The van der Waals surface area contributed by atoms with Gasteiger partial charge in [-0.05, 0) is 12.3 Å². The van der Waals surface area contributed by atoms with E-state index in [9.17, 15) is 0 Å². The van der Waals surface area contributed by atoms with Crippen LogP contribution in [0.15, 0.2) is 0 Å². The third-order valence-electron chi connectivity index (χ3n) is 1.85. The van der Waals surface area contributed by atoms with E-state index in [-0.39, 0.29) is 0 Å². The normalized spacial score (nSPS) is 18.0. The molecule has 0 saturated carbocycles. The minimum absolute atomic E-state index is 0.417. The van der Waals surface area contributed by atoms with Gasteiger partial charge in [0, 0.05) is 6.04 Å². The van der Waals surface area contributed by atoms with Crippen molar-refractivity contribution in [2.75, 3.05) is 0 Å². The van der Waals surface area contributed by atoms with Gasteiger partial charge in [0.05, 0.1) is 0 Å². The molecule has 0 fully saturated rings. The highest BCUT2D eigenvalue weighted by Crippen LogP contribution is 2.06. The fraction of sp³-hybridized carbons (Fsp3) is 1.00. The summed E-state index contributed by atoms with van der Waals surface area (Å²) in [6.45, 7) is 6.52. The van der Waals surface area contributed by atoms with Gasteiger partial charge in [0.2, 0.25) is 0 Å². The molecule has 0 unspecified atom stereocenters. The van der Waals surface area contributed by atoms with Crippen LogP contribution in [-0.4, -0.2) is 6.04 Å². The van der Waals surface area contributed by atoms with E-state index in [2.05, 4.69) is 20.8 Å². The van der Waals surface area contributed by atoms with Gasteiger partial charge in [0.1, 0.15) is 0 Å². The van der Waals surface area contributed by atoms with Crippen LogP contribution in [0, 0.1) is 5.92 Å². The first-order valence-electron chi connectivity index (χ1n) is 3.47. The maximum absolute atomic E-state index is 5.73. The molecule has 0 aliphatic carbocycles. The monoisotopic (exact) mass is 115 g/mol. The van der Waals surface area contributed by atoms with Crippen molar-refractivity contribution in [3.8, 4) is 0 Å². The lowest BCUT2D eigenvalue weighted by atomic mass is 9.98. The number of hydrogen-bond donors (Lipinski definition) is 1. The van der Waals surface area contributed by atoms with E-state index in [1.165, 1.54) is 6.42 Å². The second-order valence-corrected chi connectivity index (χ2v) is 2.46. The summed E-state index contributed by atoms with van der Waals surface area (Å²) in [7, 11) is 0. The molecule has 0 aromatic heterocycles. The van der Waals surface area contributed by atoms with Crippen LogP contribution in [0.1, 0.15) is 33.6 Å². The van der Waals surface area contributed by atoms with Crippen molar-refractivity contribution in [1.82, 2.24) is 0 Å². The molecule has 0 aromatic rings. The first-order chi connectivity index (χ1) is 3.72. The Morgan fingerprint density at radius 1 is 1.25 bits per heavy atom. The summed E-state index contributed by atoms with van der Waals surface area (Å²) in [5.74, 6) is 0.694. The Kier molecular flexibility index (Phi) is 3.88. The molecule has 8 heavy (non-hydrogen) atoms. The van der Waals surface area contributed by atoms with Crippen molar-refractivity contribution in [3.63, 3.8) is 0 Å². The summed E-state index contributed by atoms with van der Waals surface area (Å²) in [5.41, 5.74) is 5.73. The van der Waals surface area contributed by atoms with Crippen molar-refractivity contribution in [2.24, 2.45) is 11.7 Å². The SMILES string of the molecule is CC[C@@H](N)[C@@H](C)CC. The Bertz CT molecular complexity index is 44.3. The summed E-state index contributed by atoms with van der Waals surface area (Å²) in [5, 5.41) is 0. The van der Waals surface area contributed by atoms with E-state index in [0.717, 1.165) is 6.42 Å². The van der Waals surface area contributed by atoms with E-state index >= 15 is 0 Å². The molecule has 1 nitrogen and oxygen atoms in total. The van der Waals surface area contributed by atoms with Crippen LogP contribution in [0.25, 0.3) is 0 Å². The minimum atomic E-state index is 0.417. The third-order valence-corrected chi connectivity index (χ3v) is 1.85. The highest BCUT2D eigenvalue weighted by molar-refractivity contribution is 4.64. The maximum Gasteiger partial charge on any atom is 0.00618 e. The highest BCUT2D eigenvalue weighted by Gasteiger charge is 2.05. The van der Waals surface area contributed by atoms with Crippen LogP contribution in [0.5, 0.6) is 0 Å². The molecule has 0 rings (SSSR count). The zero-order valence-corrected chi connectivity index (χ0v) is 6.15. The largest absolute Gasteiger partial charge is 0.327 e. The number of hydrogen-bond acceptors (Lipinski definition) is 1. The second-order valence-electron chi connectivity index (χ2n) is 2.46. The average Bonchev–Trinajstić information content (AvgIpc) is 1.84. The fourth-order valence-electron chi connectivity index (χ4n) is 0.705. The van der Waals surface area contributed by atoms with Crippen molar-refractivity contribution < 1.29 is 0 Å². The zero-order valence-electron chi connectivity index (χ0n) is 6.15. The molecule has 2 N–H and O–H groups in total. The molecule has 0 spiro atoms. The van der Waals surface area contributed by atoms with Gasteiger partial charge in [-0.3, -0.25) is 0 Å². The van der Waals surface area contributed by atoms with Crippen molar-refractivity contribution in [2.45, 2.75) is 39.7 Å². The van der Waals surface area contributed by atoms with Crippen LogP contribution < -0.4 is 5.73 Å². The molecule has 1 heteroatoms. The van der Waals surface area contributed by atoms with E-state index < -0.39 is 0 Å². The Hall–Kier alpha value is -0.0400. The predicted octanol–water partition coefficient (Wildman–Crippen LogP) is 1.77. The molecular weight excluding hydrogens is 98.1 g/mol.